The molecular weight excluding hydrogens is 290 g/mol. The number of aliphatic hydroxyl groups excluding tert-OH is 1. The SMILES string of the molecule is CCOc1ccc(NC(=O)CS/C(C(C)=O)=C(\C)O)cc1. The van der Waals surface area contributed by atoms with Crippen molar-refractivity contribution in [2.45, 2.75) is 20.8 Å². The molecular formula is C15H19NO4S. The molecule has 5 nitrogen and oxygen atoms in total. The Hall–Kier alpha value is -1.95. The molecule has 114 valence electrons. The van der Waals surface area contributed by atoms with Gasteiger partial charge in [-0.1, -0.05) is 0 Å². The highest BCUT2D eigenvalue weighted by Crippen LogP contribution is 2.20. The minimum absolute atomic E-state index is 0.0556. The molecule has 6 heteroatoms. The Kier molecular flexibility index (Phi) is 6.81. The number of allylic oxidation sites excluding steroid dienone is 2. The van der Waals surface area contributed by atoms with Crippen LogP contribution in [-0.4, -0.2) is 29.2 Å². The van der Waals surface area contributed by atoms with E-state index in [4.69, 9.17) is 4.74 Å². The molecule has 1 rings (SSSR count). The van der Waals surface area contributed by atoms with E-state index in [-0.39, 0.29) is 28.1 Å². The van der Waals surface area contributed by atoms with Crippen molar-refractivity contribution < 1.29 is 19.4 Å². The lowest BCUT2D eigenvalue weighted by Gasteiger charge is -2.08. The van der Waals surface area contributed by atoms with Crippen molar-refractivity contribution in [3.63, 3.8) is 0 Å². The summed E-state index contributed by atoms with van der Waals surface area (Å²) in [5.41, 5.74) is 0.651. The molecule has 1 aromatic rings. The molecule has 0 aromatic heterocycles. The van der Waals surface area contributed by atoms with Gasteiger partial charge in [0.25, 0.3) is 0 Å². The molecule has 0 aliphatic heterocycles. The smallest absolute Gasteiger partial charge is 0.234 e. The summed E-state index contributed by atoms with van der Waals surface area (Å²) in [6.45, 7) is 5.26. The fourth-order valence-corrected chi connectivity index (χ4v) is 2.36. The number of Topliss-reactive ketones (excluding diaryl/α,β-unsaturated/α-hetero) is 1. The lowest BCUT2D eigenvalue weighted by atomic mass is 10.3. The summed E-state index contributed by atoms with van der Waals surface area (Å²) in [5, 5.41) is 12.1. The van der Waals surface area contributed by atoms with E-state index < -0.39 is 0 Å². The van der Waals surface area contributed by atoms with Crippen LogP contribution in [0, 0.1) is 0 Å². The van der Waals surface area contributed by atoms with Crippen LogP contribution in [0.25, 0.3) is 0 Å². The Labute approximate surface area is 128 Å². The summed E-state index contributed by atoms with van der Waals surface area (Å²) in [6.07, 6.45) is 0. The third-order valence-electron chi connectivity index (χ3n) is 2.45. The second kappa shape index (κ2) is 8.36. The van der Waals surface area contributed by atoms with Gasteiger partial charge in [0.05, 0.1) is 17.3 Å². The molecule has 21 heavy (non-hydrogen) atoms. The molecule has 0 heterocycles. The maximum Gasteiger partial charge on any atom is 0.234 e. The number of anilines is 1. The predicted octanol–water partition coefficient (Wildman–Crippen LogP) is 3.14. The lowest BCUT2D eigenvalue weighted by Crippen LogP contribution is -2.15. The number of hydrogen-bond acceptors (Lipinski definition) is 5. The summed E-state index contributed by atoms with van der Waals surface area (Å²) in [6, 6.07) is 7.02. The number of ether oxygens (including phenoxy) is 1. The highest BCUT2D eigenvalue weighted by molar-refractivity contribution is 8.04. The van der Waals surface area contributed by atoms with Gasteiger partial charge in [0.15, 0.2) is 5.78 Å². The zero-order valence-corrected chi connectivity index (χ0v) is 13.1. The highest BCUT2D eigenvalue weighted by atomic mass is 32.2. The zero-order chi connectivity index (χ0) is 15.8. The van der Waals surface area contributed by atoms with Gasteiger partial charge in [-0.2, -0.15) is 0 Å². The first-order valence-corrected chi connectivity index (χ1v) is 7.49. The van der Waals surface area contributed by atoms with E-state index in [2.05, 4.69) is 5.32 Å². The number of carbonyl (C=O) groups is 2. The lowest BCUT2D eigenvalue weighted by molar-refractivity contribution is -0.114. The van der Waals surface area contributed by atoms with Gasteiger partial charge in [-0.25, -0.2) is 0 Å². The second-order valence-electron chi connectivity index (χ2n) is 4.26. The van der Waals surface area contributed by atoms with Crippen LogP contribution in [0.4, 0.5) is 5.69 Å². The van der Waals surface area contributed by atoms with Crippen LogP contribution in [0.3, 0.4) is 0 Å². The van der Waals surface area contributed by atoms with Crippen LogP contribution < -0.4 is 10.1 Å². The van der Waals surface area contributed by atoms with Crippen molar-refractivity contribution in [1.82, 2.24) is 0 Å². The number of benzene rings is 1. The molecule has 2 N–H and O–H groups in total. The molecule has 0 spiro atoms. The first-order valence-electron chi connectivity index (χ1n) is 6.50. The van der Waals surface area contributed by atoms with E-state index in [1.54, 1.807) is 24.3 Å². The largest absolute Gasteiger partial charge is 0.511 e. The molecule has 0 aliphatic rings. The van der Waals surface area contributed by atoms with Gasteiger partial charge in [-0.3, -0.25) is 9.59 Å². The fraction of sp³-hybridized carbons (Fsp3) is 0.333. The number of thioether (sulfide) groups is 1. The molecule has 0 radical (unpaired) electrons. The topological polar surface area (TPSA) is 75.6 Å². The van der Waals surface area contributed by atoms with E-state index in [0.717, 1.165) is 17.5 Å². The summed E-state index contributed by atoms with van der Waals surface area (Å²) in [4.78, 5) is 23.3. The molecule has 0 bridgehead atoms. The van der Waals surface area contributed by atoms with Gasteiger partial charge in [0.2, 0.25) is 5.91 Å². The second-order valence-corrected chi connectivity index (χ2v) is 5.25. The summed E-state index contributed by atoms with van der Waals surface area (Å²) >= 11 is 1.02. The normalized spacial score (nSPS) is 11.6. The molecule has 1 amide bonds. The highest BCUT2D eigenvalue weighted by Gasteiger charge is 2.12. The van der Waals surface area contributed by atoms with Crippen LogP contribution in [0.1, 0.15) is 20.8 Å². The van der Waals surface area contributed by atoms with E-state index >= 15 is 0 Å². The Morgan fingerprint density at radius 3 is 2.33 bits per heavy atom. The Morgan fingerprint density at radius 2 is 1.86 bits per heavy atom. The van der Waals surface area contributed by atoms with Crippen LogP contribution in [0.15, 0.2) is 34.9 Å². The summed E-state index contributed by atoms with van der Waals surface area (Å²) < 4.78 is 5.31. The molecule has 0 unspecified atom stereocenters. The Bertz CT molecular complexity index is 533. The molecule has 0 fully saturated rings. The van der Waals surface area contributed by atoms with Gasteiger partial charge in [-0.05, 0) is 45.0 Å². The fourth-order valence-electron chi connectivity index (χ4n) is 1.60. The van der Waals surface area contributed by atoms with Crippen molar-refractivity contribution in [3.05, 3.63) is 34.9 Å². The molecule has 0 aliphatic carbocycles. The van der Waals surface area contributed by atoms with E-state index in [9.17, 15) is 14.7 Å². The van der Waals surface area contributed by atoms with Gasteiger partial charge in [0, 0.05) is 5.69 Å². The van der Waals surface area contributed by atoms with Crippen LogP contribution in [-0.2, 0) is 9.59 Å². The number of nitrogens with one attached hydrogen (secondary N) is 1. The number of ketones is 1. The van der Waals surface area contributed by atoms with Gasteiger partial charge < -0.3 is 15.2 Å². The van der Waals surface area contributed by atoms with Crippen LogP contribution in [0.2, 0.25) is 0 Å². The Morgan fingerprint density at radius 1 is 1.24 bits per heavy atom. The van der Waals surface area contributed by atoms with E-state index in [1.165, 1.54) is 13.8 Å². The van der Waals surface area contributed by atoms with E-state index in [1.807, 2.05) is 6.92 Å². The maximum absolute atomic E-state index is 11.8. The minimum Gasteiger partial charge on any atom is -0.511 e. The van der Waals surface area contributed by atoms with Gasteiger partial charge >= 0.3 is 0 Å². The van der Waals surface area contributed by atoms with Crippen LogP contribution >= 0.6 is 11.8 Å². The minimum atomic E-state index is -0.256. The third kappa shape index (κ3) is 5.91. The Balaban J connectivity index is 2.54. The van der Waals surface area contributed by atoms with Gasteiger partial charge in [-0.15, -0.1) is 11.8 Å². The summed E-state index contributed by atoms with van der Waals surface area (Å²) in [5.74, 6) is 0.224. The average Bonchev–Trinajstić information content (AvgIpc) is 2.40. The quantitative estimate of drug-likeness (QED) is 0.598. The van der Waals surface area contributed by atoms with Crippen molar-refractivity contribution in [2.75, 3.05) is 17.7 Å². The zero-order valence-electron chi connectivity index (χ0n) is 12.3. The molecule has 0 saturated heterocycles. The predicted molar refractivity (Wildman–Crippen MR) is 84.7 cm³/mol. The molecule has 0 saturated carbocycles. The third-order valence-corrected chi connectivity index (χ3v) is 3.72. The monoisotopic (exact) mass is 309 g/mol. The number of aliphatic hydroxyl groups is 1. The standard InChI is InChI=1S/C15H19NO4S/c1-4-20-13-7-5-12(6-8-13)16-14(19)9-21-15(10(2)17)11(3)18/h5-8,17H,4,9H2,1-3H3,(H,16,19)/b15-10+. The number of rotatable bonds is 7. The number of amides is 1. The van der Waals surface area contributed by atoms with Crippen LogP contribution in [0.5, 0.6) is 5.75 Å². The summed E-state index contributed by atoms with van der Waals surface area (Å²) in [7, 11) is 0. The van der Waals surface area contributed by atoms with Gasteiger partial charge in [0.1, 0.15) is 11.5 Å². The molecule has 0 atom stereocenters. The van der Waals surface area contributed by atoms with Crippen molar-refractivity contribution >= 4 is 29.1 Å². The maximum atomic E-state index is 11.8. The number of hydrogen-bond donors (Lipinski definition) is 2. The molecule has 1 aromatic carbocycles. The number of carbonyl (C=O) groups excluding carboxylic acids is 2. The van der Waals surface area contributed by atoms with Crippen molar-refractivity contribution in [3.8, 4) is 5.75 Å². The first kappa shape index (κ1) is 17.1. The average molecular weight is 309 g/mol. The van der Waals surface area contributed by atoms with Crippen molar-refractivity contribution in [1.29, 1.82) is 0 Å². The first-order chi connectivity index (χ1) is 9.93. The van der Waals surface area contributed by atoms with Crippen molar-refractivity contribution in [2.24, 2.45) is 0 Å². The van der Waals surface area contributed by atoms with E-state index in [0.29, 0.717) is 12.3 Å².